The molecule has 0 aliphatic rings. The lowest BCUT2D eigenvalue weighted by Crippen LogP contribution is -2.36. The minimum absolute atomic E-state index is 0.0221. The lowest BCUT2D eigenvalue weighted by atomic mass is 10.1. The van der Waals surface area contributed by atoms with Gasteiger partial charge in [-0.2, -0.15) is 26.3 Å². The molecule has 0 bridgehead atoms. The first-order valence-electron chi connectivity index (χ1n) is 7.52. The van der Waals surface area contributed by atoms with Gasteiger partial charge in [-0.1, -0.05) is 30.3 Å². The van der Waals surface area contributed by atoms with E-state index in [0.29, 0.717) is 17.7 Å². The molecule has 2 rings (SSSR count). The van der Waals surface area contributed by atoms with E-state index < -0.39 is 46.3 Å². The molecule has 0 aromatic heterocycles. The lowest BCUT2D eigenvalue weighted by Gasteiger charge is -2.19. The maximum Gasteiger partial charge on any atom is 0.416 e. The van der Waals surface area contributed by atoms with Crippen LogP contribution >= 0.6 is 12.2 Å². The second-order valence-corrected chi connectivity index (χ2v) is 5.98. The van der Waals surface area contributed by atoms with Crippen LogP contribution in [0.25, 0.3) is 0 Å². The van der Waals surface area contributed by atoms with Gasteiger partial charge in [0.25, 0.3) is 0 Å². The van der Waals surface area contributed by atoms with Crippen LogP contribution in [-0.4, -0.2) is 16.2 Å². The van der Waals surface area contributed by atoms with Gasteiger partial charge < -0.3 is 15.7 Å². The van der Waals surface area contributed by atoms with Crippen LogP contribution in [-0.2, 0) is 17.1 Å². The number of rotatable bonds is 4. The Morgan fingerprint density at radius 2 is 1.43 bits per heavy atom. The van der Waals surface area contributed by atoms with Crippen LogP contribution in [0.2, 0.25) is 0 Å². The lowest BCUT2D eigenvalue weighted by molar-refractivity contribution is -0.143. The molecule has 28 heavy (non-hydrogen) atoms. The third-order valence-corrected chi connectivity index (χ3v) is 3.72. The van der Waals surface area contributed by atoms with Gasteiger partial charge >= 0.3 is 18.3 Å². The molecule has 0 saturated carbocycles. The summed E-state index contributed by atoms with van der Waals surface area (Å²) in [6.07, 6.45) is -10.0. The van der Waals surface area contributed by atoms with E-state index in [1.807, 2.05) is 0 Å². The third-order valence-electron chi connectivity index (χ3n) is 3.50. The van der Waals surface area contributed by atoms with Crippen molar-refractivity contribution in [1.29, 1.82) is 0 Å². The Kier molecular flexibility index (Phi) is 6.17. The molecule has 0 radical (unpaired) electrons. The monoisotopic (exact) mass is 422 g/mol. The van der Waals surface area contributed by atoms with Crippen molar-refractivity contribution < 1.29 is 36.2 Å². The predicted octanol–water partition coefficient (Wildman–Crippen LogP) is 4.84. The number of benzene rings is 2. The van der Waals surface area contributed by atoms with E-state index in [1.54, 1.807) is 18.2 Å². The standard InChI is InChI=1S/C17H12F6N2O2S/c18-16(19,20)10-6-11(17(21,22)23)8-12(7-10)24-15(28)25-13(14(26)27)9-4-2-1-3-5-9/h1-8,13H,(H,26,27)(H2,24,25,28)/t13-/m0/s1. The molecule has 11 heteroatoms. The fourth-order valence-corrected chi connectivity index (χ4v) is 2.49. The molecule has 3 N–H and O–H groups in total. The van der Waals surface area contributed by atoms with Crippen LogP contribution < -0.4 is 10.6 Å². The molecule has 0 amide bonds. The molecule has 2 aromatic rings. The summed E-state index contributed by atoms with van der Waals surface area (Å²) in [7, 11) is 0. The van der Waals surface area contributed by atoms with Crippen molar-refractivity contribution >= 4 is 29.0 Å². The van der Waals surface area contributed by atoms with Gasteiger partial charge in [-0.3, -0.25) is 0 Å². The highest BCUT2D eigenvalue weighted by Crippen LogP contribution is 2.37. The number of hydrogen-bond donors (Lipinski definition) is 3. The van der Waals surface area contributed by atoms with Gasteiger partial charge in [0.2, 0.25) is 0 Å². The van der Waals surface area contributed by atoms with Crippen molar-refractivity contribution in [2.45, 2.75) is 18.4 Å². The second-order valence-electron chi connectivity index (χ2n) is 5.57. The first-order valence-corrected chi connectivity index (χ1v) is 7.93. The smallest absolute Gasteiger partial charge is 0.416 e. The molecule has 4 nitrogen and oxygen atoms in total. The fraction of sp³-hybridized carbons (Fsp3) is 0.176. The average molecular weight is 422 g/mol. The second kappa shape index (κ2) is 8.05. The Balaban J connectivity index is 2.28. The van der Waals surface area contributed by atoms with Crippen LogP contribution in [0.3, 0.4) is 0 Å². The average Bonchev–Trinajstić information content (AvgIpc) is 2.58. The van der Waals surface area contributed by atoms with Crippen LogP contribution in [0.5, 0.6) is 0 Å². The van der Waals surface area contributed by atoms with Gasteiger partial charge in [0.15, 0.2) is 11.2 Å². The summed E-state index contributed by atoms with van der Waals surface area (Å²) < 4.78 is 77.3. The first-order chi connectivity index (χ1) is 12.9. The predicted molar refractivity (Wildman–Crippen MR) is 92.6 cm³/mol. The quantitative estimate of drug-likeness (QED) is 0.487. The maximum absolute atomic E-state index is 12.9. The van der Waals surface area contributed by atoms with Crippen molar-refractivity contribution in [2.24, 2.45) is 0 Å². The minimum Gasteiger partial charge on any atom is -0.479 e. The van der Waals surface area contributed by atoms with E-state index in [0.717, 1.165) is 0 Å². The summed E-state index contributed by atoms with van der Waals surface area (Å²) in [5, 5.41) is 13.4. The highest BCUT2D eigenvalue weighted by atomic mass is 32.1. The third kappa shape index (κ3) is 5.59. The normalized spacial score (nSPS) is 12.9. The number of halogens is 6. The van der Waals surface area contributed by atoms with E-state index in [2.05, 4.69) is 10.6 Å². The zero-order chi connectivity index (χ0) is 21.1. The van der Waals surface area contributed by atoms with Gasteiger partial charge in [-0.25, -0.2) is 4.79 Å². The zero-order valence-electron chi connectivity index (χ0n) is 13.7. The van der Waals surface area contributed by atoms with Crippen molar-refractivity contribution in [3.63, 3.8) is 0 Å². The van der Waals surface area contributed by atoms with E-state index in [1.165, 1.54) is 12.1 Å². The Morgan fingerprint density at radius 1 is 0.929 bits per heavy atom. The van der Waals surface area contributed by atoms with Gasteiger partial charge in [-0.15, -0.1) is 0 Å². The SMILES string of the molecule is O=C(O)[C@@H](NC(=S)Nc1cc(C(F)(F)F)cc(C(F)(F)F)c1)c1ccccc1. The Labute approximate surface area is 160 Å². The number of carboxylic acid groups (broad SMARTS) is 1. The van der Waals surface area contributed by atoms with Gasteiger partial charge in [0.05, 0.1) is 11.1 Å². The molecule has 0 spiro atoms. The minimum atomic E-state index is -5.01. The van der Waals surface area contributed by atoms with Crippen molar-refractivity contribution in [1.82, 2.24) is 5.32 Å². The summed E-state index contributed by atoms with van der Waals surface area (Å²) >= 11 is 4.86. The number of hydrogen-bond acceptors (Lipinski definition) is 2. The molecular weight excluding hydrogens is 410 g/mol. The highest BCUT2D eigenvalue weighted by molar-refractivity contribution is 7.80. The number of aliphatic carboxylic acids is 1. The molecule has 0 fully saturated rings. The topological polar surface area (TPSA) is 61.4 Å². The van der Waals surface area contributed by atoms with Crippen LogP contribution in [0.4, 0.5) is 32.0 Å². The summed E-state index contributed by atoms with van der Waals surface area (Å²) in [5.41, 5.74) is -3.34. The Hall–Kier alpha value is -2.82. The molecule has 150 valence electrons. The number of alkyl halides is 6. The van der Waals surface area contributed by atoms with Crippen LogP contribution in [0.1, 0.15) is 22.7 Å². The van der Waals surface area contributed by atoms with Crippen LogP contribution in [0, 0.1) is 0 Å². The summed E-state index contributed by atoms with van der Waals surface area (Å²) in [5.74, 6) is -1.34. The number of nitrogens with one attached hydrogen (secondary N) is 2. The van der Waals surface area contributed by atoms with Gasteiger partial charge in [-0.05, 0) is 36.0 Å². The number of carbonyl (C=O) groups is 1. The van der Waals surface area contributed by atoms with Crippen molar-refractivity contribution in [3.05, 3.63) is 65.2 Å². The molecule has 0 aliphatic heterocycles. The Morgan fingerprint density at radius 3 is 1.86 bits per heavy atom. The number of thiocarbonyl (C=S) groups is 1. The first kappa shape index (κ1) is 21.5. The van der Waals surface area contributed by atoms with Crippen molar-refractivity contribution in [2.75, 3.05) is 5.32 Å². The van der Waals surface area contributed by atoms with Gasteiger partial charge in [0.1, 0.15) is 0 Å². The summed E-state index contributed by atoms with van der Waals surface area (Å²) in [6, 6.07) is 7.22. The summed E-state index contributed by atoms with van der Waals surface area (Å²) in [4.78, 5) is 11.4. The number of carboxylic acids is 1. The van der Waals surface area contributed by atoms with E-state index in [-0.39, 0.29) is 6.07 Å². The fourth-order valence-electron chi connectivity index (χ4n) is 2.26. The molecule has 0 aliphatic carbocycles. The largest absolute Gasteiger partial charge is 0.479 e. The number of anilines is 1. The molecule has 2 aromatic carbocycles. The van der Waals surface area contributed by atoms with Crippen molar-refractivity contribution in [3.8, 4) is 0 Å². The summed E-state index contributed by atoms with van der Waals surface area (Å²) in [6.45, 7) is 0. The molecule has 1 atom stereocenters. The Bertz CT molecular complexity index is 836. The van der Waals surface area contributed by atoms with E-state index in [9.17, 15) is 36.2 Å². The van der Waals surface area contributed by atoms with Crippen LogP contribution in [0.15, 0.2) is 48.5 Å². The molecule has 0 unspecified atom stereocenters. The van der Waals surface area contributed by atoms with E-state index in [4.69, 9.17) is 12.2 Å². The highest BCUT2D eigenvalue weighted by Gasteiger charge is 2.37. The molecular formula is C17H12F6N2O2S. The van der Waals surface area contributed by atoms with E-state index >= 15 is 0 Å². The zero-order valence-corrected chi connectivity index (χ0v) is 14.5. The van der Waals surface area contributed by atoms with Gasteiger partial charge in [0, 0.05) is 5.69 Å². The molecule has 0 saturated heterocycles. The maximum atomic E-state index is 12.9. The molecule has 0 heterocycles.